The predicted molar refractivity (Wildman–Crippen MR) is 123 cm³/mol. The van der Waals surface area contributed by atoms with E-state index in [4.69, 9.17) is 19.0 Å². The van der Waals surface area contributed by atoms with Crippen LogP contribution in [0.1, 0.15) is 32.3 Å². The number of carboxylic acid groups (broad SMARTS) is 1. The first-order chi connectivity index (χ1) is 16.1. The monoisotopic (exact) mass is 468 g/mol. The maximum Gasteiger partial charge on any atom is 0.312 e. The Morgan fingerprint density at radius 2 is 1.74 bits per heavy atom. The molecule has 1 aromatic heterocycles. The minimum absolute atomic E-state index is 0.0591. The minimum atomic E-state index is -1.20. The van der Waals surface area contributed by atoms with E-state index in [9.17, 15) is 24.6 Å². The van der Waals surface area contributed by atoms with E-state index < -0.39 is 41.7 Å². The fraction of sp³-hybridized carbons (Fsp3) is 0.240. The maximum atomic E-state index is 13.4. The third-order valence-corrected chi connectivity index (χ3v) is 5.01. The van der Waals surface area contributed by atoms with Gasteiger partial charge in [0.1, 0.15) is 28.2 Å². The summed E-state index contributed by atoms with van der Waals surface area (Å²) in [5.74, 6) is -3.05. The van der Waals surface area contributed by atoms with Crippen molar-refractivity contribution in [2.45, 2.75) is 33.1 Å². The Balaban J connectivity index is 2.30. The molecule has 0 aliphatic carbocycles. The van der Waals surface area contributed by atoms with Crippen molar-refractivity contribution in [2.75, 3.05) is 7.11 Å². The van der Waals surface area contributed by atoms with Gasteiger partial charge in [-0.25, -0.2) is 0 Å². The van der Waals surface area contributed by atoms with Gasteiger partial charge in [-0.3, -0.25) is 14.4 Å². The molecule has 0 spiro atoms. The molecular weight excluding hydrogens is 444 g/mol. The van der Waals surface area contributed by atoms with Crippen LogP contribution in [0.2, 0.25) is 0 Å². The van der Waals surface area contributed by atoms with Gasteiger partial charge in [0.15, 0.2) is 5.76 Å². The minimum Gasteiger partial charge on any atom is -0.507 e. The number of carboxylic acids is 1. The molecule has 0 unspecified atom stereocenters. The highest BCUT2D eigenvalue weighted by Crippen LogP contribution is 2.39. The molecule has 3 rings (SSSR count). The highest BCUT2D eigenvalue weighted by Gasteiger charge is 2.25. The number of benzene rings is 2. The number of rotatable bonds is 8. The smallest absolute Gasteiger partial charge is 0.312 e. The molecule has 0 aliphatic heterocycles. The van der Waals surface area contributed by atoms with E-state index >= 15 is 0 Å². The van der Waals surface area contributed by atoms with E-state index in [0.29, 0.717) is 11.3 Å². The van der Waals surface area contributed by atoms with Gasteiger partial charge in [0.2, 0.25) is 11.2 Å². The largest absolute Gasteiger partial charge is 0.507 e. The number of allylic oxidation sites excluding steroid dienone is 2. The summed E-state index contributed by atoms with van der Waals surface area (Å²) in [4.78, 5) is 36.5. The average Bonchev–Trinajstić information content (AvgIpc) is 2.78. The standard InChI is InChI=1S/C25H24O9/c1-13(2)4-9-16-17(26)12-18(27)21-22(31)25(33-20(30)11-10-19(28)29)23(34-24(16)21)14-5-7-15(32-3)8-6-14/h4-8,12,26-27H,9-11H2,1-3H3,(H,28,29). The van der Waals surface area contributed by atoms with Crippen molar-refractivity contribution in [2.24, 2.45) is 0 Å². The van der Waals surface area contributed by atoms with E-state index in [2.05, 4.69) is 0 Å². The highest BCUT2D eigenvalue weighted by atomic mass is 16.5. The first-order valence-electron chi connectivity index (χ1n) is 10.4. The zero-order chi connectivity index (χ0) is 25.0. The van der Waals surface area contributed by atoms with Gasteiger partial charge < -0.3 is 29.2 Å². The van der Waals surface area contributed by atoms with Gasteiger partial charge >= 0.3 is 11.9 Å². The molecule has 178 valence electrons. The SMILES string of the molecule is COc1ccc(-c2oc3c(CC=C(C)C)c(O)cc(O)c3c(=O)c2OC(=O)CCC(=O)O)cc1. The Hall–Kier alpha value is -4.27. The van der Waals surface area contributed by atoms with Gasteiger partial charge in [0.25, 0.3) is 0 Å². The zero-order valence-electron chi connectivity index (χ0n) is 18.9. The van der Waals surface area contributed by atoms with E-state index in [1.807, 2.05) is 19.9 Å². The van der Waals surface area contributed by atoms with Crippen LogP contribution in [0.5, 0.6) is 23.0 Å². The number of aromatic hydroxyl groups is 2. The predicted octanol–water partition coefficient (Wildman–Crippen LogP) is 4.16. The number of phenolic OH excluding ortho intramolecular Hbond substituents is 2. The summed E-state index contributed by atoms with van der Waals surface area (Å²) in [6, 6.07) is 7.40. The fourth-order valence-electron chi connectivity index (χ4n) is 3.27. The maximum absolute atomic E-state index is 13.4. The molecule has 0 aliphatic rings. The Morgan fingerprint density at radius 1 is 1.06 bits per heavy atom. The number of fused-ring (bicyclic) bond motifs is 1. The molecule has 0 amide bonds. The van der Waals surface area contributed by atoms with Crippen LogP contribution in [0.4, 0.5) is 0 Å². The van der Waals surface area contributed by atoms with Gasteiger partial charge in [-0.15, -0.1) is 0 Å². The number of methoxy groups -OCH3 is 1. The third-order valence-electron chi connectivity index (χ3n) is 5.01. The first kappa shape index (κ1) is 24.4. The van der Waals surface area contributed by atoms with Crippen LogP contribution in [0.3, 0.4) is 0 Å². The molecule has 34 heavy (non-hydrogen) atoms. The number of hydrogen-bond donors (Lipinski definition) is 3. The first-order valence-corrected chi connectivity index (χ1v) is 10.4. The van der Waals surface area contributed by atoms with Crippen molar-refractivity contribution in [3.63, 3.8) is 0 Å². The van der Waals surface area contributed by atoms with Crippen molar-refractivity contribution in [1.82, 2.24) is 0 Å². The van der Waals surface area contributed by atoms with E-state index in [-0.39, 0.29) is 34.5 Å². The molecule has 9 nitrogen and oxygen atoms in total. The molecule has 3 N–H and O–H groups in total. The number of phenols is 2. The molecule has 0 saturated carbocycles. The van der Waals surface area contributed by atoms with E-state index in [1.165, 1.54) is 7.11 Å². The molecule has 3 aromatic rings. The van der Waals surface area contributed by atoms with Crippen molar-refractivity contribution in [3.05, 3.63) is 57.8 Å². The van der Waals surface area contributed by atoms with Crippen LogP contribution < -0.4 is 14.9 Å². The number of carbonyl (C=O) groups excluding carboxylic acids is 1. The molecule has 0 saturated heterocycles. The highest BCUT2D eigenvalue weighted by molar-refractivity contribution is 5.92. The molecule has 1 heterocycles. The molecular formula is C25H24O9. The van der Waals surface area contributed by atoms with Crippen LogP contribution in [0.15, 0.2) is 51.2 Å². The van der Waals surface area contributed by atoms with Gasteiger partial charge in [0, 0.05) is 17.2 Å². The lowest BCUT2D eigenvalue weighted by atomic mass is 10.0. The molecule has 0 atom stereocenters. The van der Waals surface area contributed by atoms with Gasteiger partial charge in [0.05, 0.1) is 20.0 Å². The lowest BCUT2D eigenvalue weighted by molar-refractivity contribution is -0.142. The number of ether oxygens (including phenoxy) is 2. The second-order valence-electron chi connectivity index (χ2n) is 7.77. The second-order valence-corrected chi connectivity index (χ2v) is 7.77. The summed E-state index contributed by atoms with van der Waals surface area (Å²) in [5, 5.41) is 29.4. The number of aliphatic carboxylic acids is 1. The topological polar surface area (TPSA) is 144 Å². The van der Waals surface area contributed by atoms with Gasteiger partial charge in [-0.05, 0) is 44.5 Å². The van der Waals surface area contributed by atoms with Crippen molar-refractivity contribution >= 4 is 22.9 Å². The average molecular weight is 468 g/mol. The fourth-order valence-corrected chi connectivity index (χ4v) is 3.27. The van der Waals surface area contributed by atoms with Crippen LogP contribution >= 0.6 is 0 Å². The van der Waals surface area contributed by atoms with Crippen LogP contribution in [0, 0.1) is 0 Å². The Labute approximate surface area is 194 Å². The molecule has 0 fully saturated rings. The van der Waals surface area contributed by atoms with E-state index in [0.717, 1.165) is 11.6 Å². The van der Waals surface area contributed by atoms with Crippen molar-refractivity contribution < 1.29 is 38.8 Å². The van der Waals surface area contributed by atoms with Crippen LogP contribution in [-0.4, -0.2) is 34.4 Å². The summed E-state index contributed by atoms with van der Waals surface area (Å²) < 4.78 is 16.4. The Bertz CT molecular complexity index is 1330. The lowest BCUT2D eigenvalue weighted by Crippen LogP contribution is -2.17. The summed E-state index contributed by atoms with van der Waals surface area (Å²) in [7, 11) is 1.49. The van der Waals surface area contributed by atoms with Crippen molar-refractivity contribution in [3.8, 4) is 34.3 Å². The summed E-state index contributed by atoms with van der Waals surface area (Å²) >= 11 is 0. The van der Waals surface area contributed by atoms with Gasteiger partial charge in [-0.1, -0.05) is 11.6 Å². The van der Waals surface area contributed by atoms with Gasteiger partial charge in [-0.2, -0.15) is 0 Å². The van der Waals surface area contributed by atoms with E-state index in [1.54, 1.807) is 24.3 Å². The molecule has 0 bridgehead atoms. The third kappa shape index (κ3) is 5.20. The number of hydrogen-bond acceptors (Lipinski definition) is 8. The number of carbonyl (C=O) groups is 2. The normalized spacial score (nSPS) is 10.7. The zero-order valence-corrected chi connectivity index (χ0v) is 18.9. The molecule has 0 radical (unpaired) electrons. The van der Waals surface area contributed by atoms with Crippen LogP contribution in [0.25, 0.3) is 22.3 Å². The summed E-state index contributed by atoms with van der Waals surface area (Å²) in [6.07, 6.45) is 1.08. The Morgan fingerprint density at radius 3 is 2.32 bits per heavy atom. The molecule has 9 heteroatoms. The summed E-state index contributed by atoms with van der Waals surface area (Å²) in [6.45, 7) is 3.74. The Kier molecular flexibility index (Phi) is 7.25. The quantitative estimate of drug-likeness (QED) is 0.328. The molecule has 2 aromatic carbocycles. The van der Waals surface area contributed by atoms with Crippen LogP contribution in [-0.2, 0) is 16.0 Å². The lowest BCUT2D eigenvalue weighted by Gasteiger charge is -2.14. The van der Waals surface area contributed by atoms with Crippen molar-refractivity contribution in [1.29, 1.82) is 0 Å². The second kappa shape index (κ2) is 10.1. The number of esters is 1. The summed E-state index contributed by atoms with van der Waals surface area (Å²) in [5.41, 5.74) is 0.687.